The van der Waals surface area contributed by atoms with Gasteiger partial charge in [-0.1, -0.05) is 0 Å². The third kappa shape index (κ3) is 2.79. The Morgan fingerprint density at radius 3 is 3.21 bits per heavy atom. The molecule has 3 atom stereocenters. The number of hydrogen-bond donors (Lipinski definition) is 3. The smallest absolute Gasteiger partial charge is 0.237 e. The first-order valence-corrected chi connectivity index (χ1v) is 8.12. The molecule has 2 heterocycles. The van der Waals surface area contributed by atoms with Crippen LogP contribution in [0, 0.1) is 0 Å². The topological polar surface area (TPSA) is 69.8 Å². The molecule has 0 bridgehead atoms. The molecule has 1 aromatic heterocycles. The number of amides is 1. The molecule has 1 fully saturated rings. The van der Waals surface area contributed by atoms with E-state index in [2.05, 4.69) is 26.9 Å². The Morgan fingerprint density at radius 1 is 1.53 bits per heavy atom. The summed E-state index contributed by atoms with van der Waals surface area (Å²) >= 11 is 1.91. The van der Waals surface area contributed by atoms with Gasteiger partial charge in [0.1, 0.15) is 0 Å². The van der Waals surface area contributed by atoms with Crippen molar-refractivity contribution in [3.63, 3.8) is 0 Å². The van der Waals surface area contributed by atoms with E-state index in [4.69, 9.17) is 0 Å². The maximum atomic E-state index is 12.3. The molecule has 1 aromatic rings. The van der Waals surface area contributed by atoms with Gasteiger partial charge in [-0.15, -0.1) is 0 Å². The summed E-state index contributed by atoms with van der Waals surface area (Å²) in [5.41, 5.74) is 2.12. The van der Waals surface area contributed by atoms with Crippen LogP contribution in [-0.2, 0) is 17.8 Å². The van der Waals surface area contributed by atoms with Crippen molar-refractivity contribution in [2.24, 2.45) is 0 Å². The average molecular weight is 280 g/mol. The van der Waals surface area contributed by atoms with Crippen molar-refractivity contribution in [3.8, 4) is 0 Å². The summed E-state index contributed by atoms with van der Waals surface area (Å²) in [4.78, 5) is 19.6. The Balaban J connectivity index is 1.54. The highest BCUT2D eigenvalue weighted by Crippen LogP contribution is 2.28. The molecular formula is C13H20N4OS. The van der Waals surface area contributed by atoms with Crippen LogP contribution in [0.1, 0.15) is 30.7 Å². The van der Waals surface area contributed by atoms with Crippen LogP contribution in [0.3, 0.4) is 0 Å². The third-order valence-electron chi connectivity index (χ3n) is 4.11. The van der Waals surface area contributed by atoms with Gasteiger partial charge in [0, 0.05) is 24.3 Å². The molecule has 2 aliphatic rings. The fraction of sp³-hybridized carbons (Fsp3) is 0.692. The predicted molar refractivity (Wildman–Crippen MR) is 76.0 cm³/mol. The van der Waals surface area contributed by atoms with Crippen LogP contribution in [0.15, 0.2) is 6.33 Å². The number of aromatic nitrogens is 2. The second-order valence-corrected chi connectivity index (χ2v) is 6.48. The van der Waals surface area contributed by atoms with Crippen molar-refractivity contribution < 1.29 is 4.79 Å². The van der Waals surface area contributed by atoms with Gasteiger partial charge in [-0.25, -0.2) is 4.98 Å². The first-order chi connectivity index (χ1) is 9.26. The van der Waals surface area contributed by atoms with Crippen molar-refractivity contribution in [1.82, 2.24) is 20.6 Å². The van der Waals surface area contributed by atoms with Gasteiger partial charge in [-0.3, -0.25) is 10.1 Å². The molecule has 6 heteroatoms. The highest BCUT2D eigenvalue weighted by Gasteiger charge is 2.30. The zero-order valence-electron chi connectivity index (χ0n) is 11.1. The van der Waals surface area contributed by atoms with Crippen molar-refractivity contribution in [2.75, 3.05) is 6.26 Å². The number of nitrogens with one attached hydrogen (secondary N) is 3. The van der Waals surface area contributed by atoms with Crippen molar-refractivity contribution in [2.45, 2.75) is 49.6 Å². The second-order valence-electron chi connectivity index (χ2n) is 5.34. The molecule has 5 nitrogen and oxygen atoms in total. The summed E-state index contributed by atoms with van der Waals surface area (Å²) in [5.74, 6) is 0.125. The van der Waals surface area contributed by atoms with E-state index in [1.54, 1.807) is 6.33 Å². The largest absolute Gasteiger partial charge is 0.352 e. The zero-order valence-corrected chi connectivity index (χ0v) is 11.9. The molecule has 1 saturated carbocycles. The fourth-order valence-electron chi connectivity index (χ4n) is 2.94. The first-order valence-electron chi connectivity index (χ1n) is 6.84. The van der Waals surface area contributed by atoms with E-state index in [9.17, 15) is 4.79 Å². The quantitative estimate of drug-likeness (QED) is 0.767. The Hall–Kier alpha value is -1.01. The summed E-state index contributed by atoms with van der Waals surface area (Å²) in [6.45, 7) is 0.700. The number of rotatable bonds is 3. The van der Waals surface area contributed by atoms with Gasteiger partial charge in [-0.05, 0) is 25.5 Å². The Labute approximate surface area is 117 Å². The lowest BCUT2D eigenvalue weighted by atomic mass is 10.0. The molecule has 0 saturated heterocycles. The minimum absolute atomic E-state index is 0.125. The van der Waals surface area contributed by atoms with Crippen LogP contribution in [0.25, 0.3) is 0 Å². The van der Waals surface area contributed by atoms with E-state index in [0.29, 0.717) is 24.3 Å². The van der Waals surface area contributed by atoms with E-state index >= 15 is 0 Å². The van der Waals surface area contributed by atoms with E-state index in [1.807, 2.05) is 11.8 Å². The maximum absolute atomic E-state index is 12.3. The number of fused-ring (bicyclic) bond motifs is 1. The van der Waals surface area contributed by atoms with Crippen LogP contribution in [0.4, 0.5) is 0 Å². The van der Waals surface area contributed by atoms with Crippen LogP contribution in [-0.4, -0.2) is 39.5 Å². The molecule has 3 rings (SSSR count). The summed E-state index contributed by atoms with van der Waals surface area (Å²) in [6, 6.07) is 0.219. The highest BCUT2D eigenvalue weighted by atomic mass is 32.2. The molecule has 104 valence electrons. The lowest BCUT2D eigenvalue weighted by molar-refractivity contribution is -0.124. The molecule has 1 aliphatic carbocycles. The Kier molecular flexibility index (Phi) is 3.79. The molecule has 1 amide bonds. The van der Waals surface area contributed by atoms with Gasteiger partial charge in [0.05, 0.1) is 23.8 Å². The lowest BCUT2D eigenvalue weighted by Gasteiger charge is -2.24. The number of nitrogens with zero attached hydrogens (tertiary/aromatic N) is 1. The number of H-pyrrole nitrogens is 1. The van der Waals surface area contributed by atoms with Gasteiger partial charge in [0.25, 0.3) is 0 Å². The molecular weight excluding hydrogens is 260 g/mol. The molecule has 0 spiro atoms. The molecule has 3 unspecified atom stereocenters. The Bertz CT molecular complexity index is 461. The summed E-state index contributed by atoms with van der Waals surface area (Å²) in [5, 5.41) is 7.17. The van der Waals surface area contributed by atoms with Crippen LogP contribution in [0.2, 0.25) is 0 Å². The number of imidazole rings is 1. The molecule has 0 radical (unpaired) electrons. The van der Waals surface area contributed by atoms with Crippen molar-refractivity contribution in [3.05, 3.63) is 17.7 Å². The standard InChI is InChI=1S/C13H20N4OS/c1-19-9-3-2-8(4-9)17-13(18)11-5-10-12(6-14-11)16-7-15-10/h7-9,11,14H,2-6H2,1H3,(H,15,16)(H,17,18). The highest BCUT2D eigenvalue weighted by molar-refractivity contribution is 7.99. The van der Waals surface area contributed by atoms with Crippen molar-refractivity contribution in [1.29, 1.82) is 0 Å². The average Bonchev–Trinajstić information content (AvgIpc) is 3.05. The zero-order chi connectivity index (χ0) is 13.2. The van der Waals surface area contributed by atoms with E-state index in [1.165, 1.54) is 6.42 Å². The van der Waals surface area contributed by atoms with Gasteiger partial charge in [0.15, 0.2) is 0 Å². The summed E-state index contributed by atoms with van der Waals surface area (Å²) < 4.78 is 0. The number of thioether (sulfide) groups is 1. The monoisotopic (exact) mass is 280 g/mol. The minimum atomic E-state index is -0.135. The normalized spacial score (nSPS) is 30.1. The first kappa shape index (κ1) is 13.0. The van der Waals surface area contributed by atoms with Crippen LogP contribution >= 0.6 is 11.8 Å². The summed E-state index contributed by atoms with van der Waals surface area (Å²) in [7, 11) is 0. The predicted octanol–water partition coefficient (Wildman–Crippen LogP) is 0.824. The van der Waals surface area contributed by atoms with Crippen LogP contribution < -0.4 is 10.6 Å². The SMILES string of the molecule is CSC1CCC(NC(=O)C2Cc3nc[nH]c3CN2)C1. The van der Waals surface area contributed by atoms with Gasteiger partial charge in [-0.2, -0.15) is 11.8 Å². The fourth-order valence-corrected chi connectivity index (χ4v) is 3.74. The number of carbonyl (C=O) groups is 1. The maximum Gasteiger partial charge on any atom is 0.237 e. The summed E-state index contributed by atoms with van der Waals surface area (Å²) in [6.07, 6.45) is 7.96. The number of hydrogen-bond acceptors (Lipinski definition) is 4. The van der Waals surface area contributed by atoms with Crippen molar-refractivity contribution >= 4 is 17.7 Å². The third-order valence-corrected chi connectivity index (χ3v) is 5.21. The van der Waals surface area contributed by atoms with Gasteiger partial charge < -0.3 is 10.3 Å². The number of carbonyl (C=O) groups excluding carboxylic acids is 1. The van der Waals surface area contributed by atoms with Gasteiger partial charge >= 0.3 is 0 Å². The van der Waals surface area contributed by atoms with E-state index in [-0.39, 0.29) is 11.9 Å². The lowest BCUT2D eigenvalue weighted by Crippen LogP contribution is -2.50. The van der Waals surface area contributed by atoms with Crippen LogP contribution in [0.5, 0.6) is 0 Å². The van der Waals surface area contributed by atoms with Gasteiger partial charge in [0.2, 0.25) is 5.91 Å². The van der Waals surface area contributed by atoms with E-state index < -0.39 is 0 Å². The number of aromatic amines is 1. The Morgan fingerprint density at radius 2 is 2.42 bits per heavy atom. The molecule has 19 heavy (non-hydrogen) atoms. The van der Waals surface area contributed by atoms with E-state index in [0.717, 1.165) is 24.2 Å². The minimum Gasteiger partial charge on any atom is -0.352 e. The molecule has 3 N–H and O–H groups in total. The molecule has 1 aliphatic heterocycles. The molecule has 0 aromatic carbocycles. The second kappa shape index (κ2) is 5.54.